The van der Waals surface area contributed by atoms with Crippen LogP contribution in [0.4, 0.5) is 0 Å². The minimum atomic E-state index is -0.410. The average Bonchev–Trinajstić information content (AvgIpc) is 3.42. The molecule has 0 bridgehead atoms. The van der Waals surface area contributed by atoms with Gasteiger partial charge >= 0.3 is 0 Å². The molecule has 2 atom stereocenters. The molecule has 0 aliphatic carbocycles. The molecule has 1 aliphatic rings. The Morgan fingerprint density at radius 1 is 1.03 bits per heavy atom. The number of pyridine rings is 1. The molecule has 6 heteroatoms. The zero-order chi connectivity index (χ0) is 21.2. The van der Waals surface area contributed by atoms with Crippen molar-refractivity contribution in [2.45, 2.75) is 32.0 Å². The van der Waals surface area contributed by atoms with Crippen molar-refractivity contribution in [1.29, 1.82) is 0 Å². The smallest absolute Gasteiger partial charge is 0.244 e. The molecule has 0 amide bonds. The normalized spacial score (nSPS) is 19.0. The van der Waals surface area contributed by atoms with Crippen LogP contribution in [0, 0.1) is 6.92 Å². The van der Waals surface area contributed by atoms with Gasteiger partial charge in [0.1, 0.15) is 0 Å². The molecule has 0 radical (unpaired) electrons. The summed E-state index contributed by atoms with van der Waals surface area (Å²) < 4.78 is 5.61. The fraction of sp³-hybridized carbons (Fsp3) is 0.240. The molecule has 0 spiro atoms. The molecule has 2 unspecified atom stereocenters. The van der Waals surface area contributed by atoms with E-state index in [2.05, 4.69) is 44.3 Å². The van der Waals surface area contributed by atoms with Crippen molar-refractivity contribution in [1.82, 2.24) is 20.0 Å². The monoisotopic (exact) mass is 412 g/mol. The zero-order valence-electron chi connectivity index (χ0n) is 17.3. The van der Waals surface area contributed by atoms with Gasteiger partial charge < -0.3 is 9.63 Å². The Bertz CT molecular complexity index is 1160. The maximum absolute atomic E-state index is 10.3. The third kappa shape index (κ3) is 4.26. The van der Waals surface area contributed by atoms with Crippen LogP contribution >= 0.6 is 0 Å². The van der Waals surface area contributed by atoms with E-state index in [4.69, 9.17) is 4.52 Å². The van der Waals surface area contributed by atoms with E-state index in [0.29, 0.717) is 31.2 Å². The maximum atomic E-state index is 10.3. The number of hydrogen-bond acceptors (Lipinski definition) is 6. The summed E-state index contributed by atoms with van der Waals surface area (Å²) in [7, 11) is 0. The molecule has 5 rings (SSSR count). The Labute approximate surface area is 181 Å². The summed E-state index contributed by atoms with van der Waals surface area (Å²) in [5.74, 6) is 1.14. The molecule has 1 aliphatic heterocycles. The van der Waals surface area contributed by atoms with E-state index in [-0.39, 0.29) is 6.04 Å². The van der Waals surface area contributed by atoms with Gasteiger partial charge in [-0.1, -0.05) is 59.3 Å². The molecule has 156 valence electrons. The van der Waals surface area contributed by atoms with Gasteiger partial charge in [0.2, 0.25) is 11.7 Å². The molecular weight excluding hydrogens is 388 g/mol. The van der Waals surface area contributed by atoms with Crippen LogP contribution in [0.3, 0.4) is 0 Å². The topological polar surface area (TPSA) is 75.3 Å². The predicted molar refractivity (Wildman–Crippen MR) is 118 cm³/mol. The highest BCUT2D eigenvalue weighted by molar-refractivity contribution is 5.59. The first kappa shape index (κ1) is 19.6. The maximum Gasteiger partial charge on any atom is 0.244 e. The van der Waals surface area contributed by atoms with Crippen molar-refractivity contribution in [3.05, 3.63) is 89.9 Å². The van der Waals surface area contributed by atoms with Crippen LogP contribution < -0.4 is 0 Å². The number of aryl methyl sites for hydroxylation is 1. The molecule has 2 aromatic carbocycles. The molecule has 6 nitrogen and oxygen atoms in total. The van der Waals surface area contributed by atoms with Crippen molar-refractivity contribution >= 4 is 0 Å². The SMILES string of the molecule is Cc1cccc(-c2noc(C3CC(O)CN3Cc3ccc(-c4ccccn4)cc3)n2)c1. The highest BCUT2D eigenvalue weighted by Crippen LogP contribution is 2.34. The number of benzene rings is 2. The molecule has 1 saturated heterocycles. The highest BCUT2D eigenvalue weighted by Gasteiger charge is 2.36. The van der Waals surface area contributed by atoms with Gasteiger partial charge in [-0.15, -0.1) is 0 Å². The van der Waals surface area contributed by atoms with E-state index in [0.717, 1.165) is 27.9 Å². The number of aliphatic hydroxyl groups is 1. The van der Waals surface area contributed by atoms with Crippen LogP contribution in [0.25, 0.3) is 22.6 Å². The molecule has 31 heavy (non-hydrogen) atoms. The summed E-state index contributed by atoms with van der Waals surface area (Å²) in [6.07, 6.45) is 1.98. The molecule has 2 aromatic heterocycles. The van der Waals surface area contributed by atoms with Crippen molar-refractivity contribution in [3.63, 3.8) is 0 Å². The molecule has 4 aromatic rings. The van der Waals surface area contributed by atoms with Gasteiger partial charge in [-0.05, 0) is 37.1 Å². The van der Waals surface area contributed by atoms with E-state index in [1.807, 2.05) is 49.4 Å². The van der Waals surface area contributed by atoms with Gasteiger partial charge in [-0.25, -0.2) is 0 Å². The van der Waals surface area contributed by atoms with Gasteiger partial charge in [0.05, 0.1) is 17.8 Å². The van der Waals surface area contributed by atoms with E-state index in [9.17, 15) is 5.11 Å². The van der Waals surface area contributed by atoms with Gasteiger partial charge in [0.15, 0.2) is 0 Å². The number of aliphatic hydroxyl groups excluding tert-OH is 1. The number of rotatable bonds is 5. The lowest BCUT2D eigenvalue weighted by molar-refractivity contribution is 0.169. The Hall–Kier alpha value is -3.35. The summed E-state index contributed by atoms with van der Waals surface area (Å²) >= 11 is 0. The van der Waals surface area contributed by atoms with Crippen LogP contribution in [0.1, 0.15) is 29.5 Å². The van der Waals surface area contributed by atoms with Gasteiger partial charge in [0, 0.05) is 30.4 Å². The zero-order valence-corrected chi connectivity index (χ0v) is 17.3. The van der Waals surface area contributed by atoms with Crippen molar-refractivity contribution < 1.29 is 9.63 Å². The fourth-order valence-electron chi connectivity index (χ4n) is 4.13. The Kier molecular flexibility index (Phi) is 5.32. The number of aromatic nitrogens is 3. The largest absolute Gasteiger partial charge is 0.392 e. The van der Waals surface area contributed by atoms with Crippen LogP contribution in [-0.2, 0) is 6.54 Å². The minimum absolute atomic E-state index is 0.100. The second-order valence-corrected chi connectivity index (χ2v) is 8.07. The summed E-state index contributed by atoms with van der Waals surface area (Å²) in [5, 5.41) is 14.5. The van der Waals surface area contributed by atoms with E-state index >= 15 is 0 Å². The summed E-state index contributed by atoms with van der Waals surface area (Å²) in [4.78, 5) is 11.3. The third-order valence-corrected chi connectivity index (χ3v) is 5.68. The summed E-state index contributed by atoms with van der Waals surface area (Å²) in [6.45, 7) is 3.32. The number of likely N-dealkylation sites (tertiary alicyclic amines) is 1. The van der Waals surface area contributed by atoms with E-state index in [1.54, 1.807) is 6.20 Å². The van der Waals surface area contributed by atoms with E-state index in [1.165, 1.54) is 0 Å². The second-order valence-electron chi connectivity index (χ2n) is 8.07. The summed E-state index contributed by atoms with van der Waals surface area (Å²) in [5.41, 5.74) is 5.29. The van der Waals surface area contributed by atoms with Crippen LogP contribution in [0.2, 0.25) is 0 Å². The van der Waals surface area contributed by atoms with Gasteiger partial charge in [0.25, 0.3) is 0 Å². The van der Waals surface area contributed by atoms with Gasteiger partial charge in [-0.2, -0.15) is 4.98 Å². The first-order valence-corrected chi connectivity index (χ1v) is 10.5. The van der Waals surface area contributed by atoms with Crippen LogP contribution in [-0.4, -0.2) is 37.8 Å². The Morgan fingerprint density at radius 2 is 1.90 bits per heavy atom. The standard InChI is InChI=1S/C25H24N4O2/c1-17-5-4-6-20(13-17)24-27-25(31-28-24)23-14-21(30)16-29(23)15-18-8-10-19(11-9-18)22-7-2-3-12-26-22/h2-13,21,23,30H,14-16H2,1H3. The molecule has 1 fully saturated rings. The van der Waals surface area contributed by atoms with Gasteiger partial charge in [-0.3, -0.25) is 9.88 Å². The van der Waals surface area contributed by atoms with E-state index < -0.39 is 6.10 Å². The van der Waals surface area contributed by atoms with Crippen LogP contribution in [0.5, 0.6) is 0 Å². The molecule has 3 heterocycles. The third-order valence-electron chi connectivity index (χ3n) is 5.68. The average molecular weight is 412 g/mol. The van der Waals surface area contributed by atoms with Crippen molar-refractivity contribution in [2.24, 2.45) is 0 Å². The fourth-order valence-corrected chi connectivity index (χ4v) is 4.13. The molecular formula is C25H24N4O2. The first-order valence-electron chi connectivity index (χ1n) is 10.5. The Balaban J connectivity index is 1.34. The summed E-state index contributed by atoms with van der Waals surface area (Å²) in [6, 6.07) is 22.2. The lowest BCUT2D eigenvalue weighted by Crippen LogP contribution is -2.24. The first-order chi connectivity index (χ1) is 15.2. The molecule has 0 saturated carbocycles. The lowest BCUT2D eigenvalue weighted by atomic mass is 10.1. The van der Waals surface area contributed by atoms with Crippen molar-refractivity contribution in [2.75, 3.05) is 6.54 Å². The minimum Gasteiger partial charge on any atom is -0.392 e. The lowest BCUT2D eigenvalue weighted by Gasteiger charge is -2.21. The number of hydrogen-bond donors (Lipinski definition) is 1. The number of β-amino-alcohol motifs (C(OH)–C–C–N with tert-alkyl or cyclic N) is 1. The quantitative estimate of drug-likeness (QED) is 0.523. The predicted octanol–water partition coefficient (Wildman–Crippen LogP) is 4.41. The Morgan fingerprint density at radius 3 is 2.68 bits per heavy atom. The highest BCUT2D eigenvalue weighted by atomic mass is 16.5. The van der Waals surface area contributed by atoms with Crippen molar-refractivity contribution in [3.8, 4) is 22.6 Å². The van der Waals surface area contributed by atoms with Crippen LogP contribution in [0.15, 0.2) is 77.4 Å². The second kappa shape index (κ2) is 8.41. The molecule has 1 N–H and O–H groups in total. The number of nitrogens with zero attached hydrogens (tertiary/aromatic N) is 4.